The van der Waals surface area contributed by atoms with Gasteiger partial charge in [-0.05, 0) is 31.4 Å². The van der Waals surface area contributed by atoms with Crippen LogP contribution in [0.15, 0.2) is 48.7 Å². The van der Waals surface area contributed by atoms with E-state index < -0.39 is 0 Å². The number of rotatable bonds is 8. The van der Waals surface area contributed by atoms with E-state index in [1.807, 2.05) is 55.3 Å². The van der Waals surface area contributed by atoms with Gasteiger partial charge in [-0.15, -0.1) is 11.3 Å². The van der Waals surface area contributed by atoms with Crippen molar-refractivity contribution in [3.63, 3.8) is 0 Å². The molecule has 1 atom stereocenters. The fraction of sp³-hybridized carbons (Fsp3) is 0.348. The lowest BCUT2D eigenvalue weighted by Gasteiger charge is -2.30. The topological polar surface area (TPSA) is 58.1 Å². The van der Waals surface area contributed by atoms with Crippen LogP contribution in [0.1, 0.15) is 34.9 Å². The van der Waals surface area contributed by atoms with Crippen molar-refractivity contribution in [1.29, 1.82) is 0 Å². The molecular formula is C23H27ClN4OS. The number of aromatic nitrogens is 2. The molecule has 7 heteroatoms. The van der Waals surface area contributed by atoms with Crippen LogP contribution in [0.4, 0.5) is 5.82 Å². The van der Waals surface area contributed by atoms with Crippen LogP contribution in [-0.2, 0) is 0 Å². The Kier molecular flexibility index (Phi) is 7.45. The van der Waals surface area contributed by atoms with Crippen molar-refractivity contribution >= 4 is 34.7 Å². The Bertz CT molecular complexity index is 973. The molecule has 1 amide bonds. The average Bonchev–Trinajstić information content (AvgIpc) is 3.13. The van der Waals surface area contributed by atoms with E-state index in [1.54, 1.807) is 12.3 Å². The number of carbonyl (C=O) groups excluding carboxylic acids is 1. The van der Waals surface area contributed by atoms with Crippen LogP contribution in [0, 0.1) is 12.8 Å². The number of hydrogen-bond acceptors (Lipinski definition) is 5. The first-order chi connectivity index (χ1) is 14.3. The summed E-state index contributed by atoms with van der Waals surface area (Å²) < 4.78 is 0. The van der Waals surface area contributed by atoms with Crippen LogP contribution in [-0.4, -0.2) is 40.4 Å². The van der Waals surface area contributed by atoms with Crippen molar-refractivity contribution in [2.75, 3.05) is 18.9 Å². The second-order valence-electron chi connectivity index (χ2n) is 7.72. The molecule has 30 heavy (non-hydrogen) atoms. The van der Waals surface area contributed by atoms with Crippen LogP contribution in [0.25, 0.3) is 11.3 Å². The van der Waals surface area contributed by atoms with Gasteiger partial charge in [-0.2, -0.15) is 0 Å². The Hall–Kier alpha value is -2.44. The second kappa shape index (κ2) is 10.0. The number of likely N-dealkylation sites (N-methyl/N-ethyl adjacent to an activating group) is 1. The minimum Gasteiger partial charge on any atom is -0.368 e. The fourth-order valence-corrected chi connectivity index (χ4v) is 4.35. The van der Waals surface area contributed by atoms with Crippen molar-refractivity contribution in [2.24, 2.45) is 5.92 Å². The largest absolute Gasteiger partial charge is 0.368 e. The molecule has 158 valence electrons. The third kappa shape index (κ3) is 5.58. The molecule has 0 spiro atoms. The maximum Gasteiger partial charge on any atom is 0.266 e. The summed E-state index contributed by atoms with van der Waals surface area (Å²) in [6.45, 7) is 6.87. The first-order valence-corrected chi connectivity index (χ1v) is 11.2. The molecule has 0 aliphatic rings. The highest BCUT2D eigenvalue weighted by Gasteiger charge is 2.26. The van der Waals surface area contributed by atoms with E-state index in [9.17, 15) is 4.79 Å². The SMILES string of the molecule is Cc1nc(-c2ccccc2)c(C(=O)N(C)[C@H](CNc2ccc(Cl)cn2)CC(C)C)s1. The fourth-order valence-electron chi connectivity index (χ4n) is 3.31. The number of amides is 1. The number of anilines is 1. The van der Waals surface area contributed by atoms with Gasteiger partial charge in [-0.1, -0.05) is 55.8 Å². The highest BCUT2D eigenvalue weighted by Crippen LogP contribution is 2.30. The zero-order chi connectivity index (χ0) is 21.7. The predicted molar refractivity (Wildman–Crippen MR) is 125 cm³/mol. The molecule has 3 rings (SSSR count). The number of pyridine rings is 1. The van der Waals surface area contributed by atoms with Crippen molar-refractivity contribution < 1.29 is 4.79 Å². The van der Waals surface area contributed by atoms with Crippen molar-refractivity contribution in [3.05, 3.63) is 63.6 Å². The van der Waals surface area contributed by atoms with Crippen LogP contribution in [0.5, 0.6) is 0 Å². The Morgan fingerprint density at radius 2 is 1.93 bits per heavy atom. The molecule has 2 heterocycles. The minimum atomic E-state index is -0.00373. The van der Waals surface area contributed by atoms with Crippen LogP contribution >= 0.6 is 22.9 Å². The summed E-state index contributed by atoms with van der Waals surface area (Å²) in [5.41, 5.74) is 1.72. The zero-order valence-electron chi connectivity index (χ0n) is 17.7. The highest BCUT2D eigenvalue weighted by atomic mass is 35.5. The average molecular weight is 443 g/mol. The van der Waals surface area contributed by atoms with E-state index in [4.69, 9.17) is 11.6 Å². The van der Waals surface area contributed by atoms with E-state index in [1.165, 1.54) is 11.3 Å². The Morgan fingerprint density at radius 3 is 2.57 bits per heavy atom. The standard InChI is InChI=1S/C23H27ClN4OS/c1-15(2)12-19(14-26-20-11-10-18(24)13-25-20)28(4)23(29)22-21(27-16(3)30-22)17-8-6-5-7-9-17/h5-11,13,15,19H,12,14H2,1-4H3,(H,25,26)/t19-/m0/s1. The predicted octanol–water partition coefficient (Wildman–Crippen LogP) is 5.77. The van der Waals surface area contributed by atoms with Crippen LogP contribution in [0.2, 0.25) is 5.02 Å². The Labute approximate surface area is 187 Å². The van der Waals surface area contributed by atoms with Crippen LogP contribution < -0.4 is 5.32 Å². The number of halogens is 1. The van der Waals surface area contributed by atoms with Gasteiger partial charge in [-0.25, -0.2) is 9.97 Å². The minimum absolute atomic E-state index is 0.00373. The number of hydrogen-bond donors (Lipinski definition) is 1. The van der Waals surface area contributed by atoms with Gasteiger partial charge >= 0.3 is 0 Å². The summed E-state index contributed by atoms with van der Waals surface area (Å²) in [4.78, 5) is 24.9. The van der Waals surface area contributed by atoms with Gasteiger partial charge in [0.2, 0.25) is 0 Å². The molecule has 0 radical (unpaired) electrons. The molecule has 0 saturated carbocycles. The smallest absolute Gasteiger partial charge is 0.266 e. The van der Waals surface area contributed by atoms with Gasteiger partial charge in [0.15, 0.2) is 0 Å². The molecule has 2 aromatic heterocycles. The molecule has 3 aromatic rings. The molecule has 0 aliphatic carbocycles. The van der Waals surface area contributed by atoms with E-state index in [-0.39, 0.29) is 11.9 Å². The van der Waals surface area contributed by atoms with E-state index in [2.05, 4.69) is 29.1 Å². The summed E-state index contributed by atoms with van der Waals surface area (Å²) in [6.07, 6.45) is 2.49. The maximum absolute atomic E-state index is 13.5. The van der Waals surface area contributed by atoms with E-state index in [0.29, 0.717) is 22.4 Å². The Morgan fingerprint density at radius 1 is 1.20 bits per heavy atom. The number of nitrogens with zero attached hydrogens (tertiary/aromatic N) is 3. The number of thiazole rings is 1. The summed E-state index contributed by atoms with van der Waals surface area (Å²) >= 11 is 7.37. The molecule has 0 saturated heterocycles. The number of carbonyl (C=O) groups is 1. The highest BCUT2D eigenvalue weighted by molar-refractivity contribution is 7.14. The van der Waals surface area contributed by atoms with Gasteiger partial charge in [-0.3, -0.25) is 4.79 Å². The van der Waals surface area contributed by atoms with Gasteiger partial charge in [0, 0.05) is 31.4 Å². The van der Waals surface area contributed by atoms with Gasteiger partial charge in [0.25, 0.3) is 5.91 Å². The molecule has 0 unspecified atom stereocenters. The molecule has 0 bridgehead atoms. The third-order valence-electron chi connectivity index (χ3n) is 4.83. The molecule has 1 aromatic carbocycles. The Balaban J connectivity index is 1.81. The van der Waals surface area contributed by atoms with Crippen LogP contribution in [0.3, 0.4) is 0 Å². The summed E-state index contributed by atoms with van der Waals surface area (Å²) in [5, 5.41) is 4.82. The lowest BCUT2D eigenvalue weighted by molar-refractivity contribution is 0.0728. The van der Waals surface area contributed by atoms with E-state index in [0.717, 1.165) is 28.5 Å². The monoisotopic (exact) mass is 442 g/mol. The normalized spacial score (nSPS) is 12.1. The first-order valence-electron chi connectivity index (χ1n) is 10.0. The number of nitrogens with one attached hydrogen (secondary N) is 1. The van der Waals surface area contributed by atoms with Gasteiger partial charge in [0.05, 0.1) is 15.7 Å². The number of aryl methyl sites for hydroxylation is 1. The second-order valence-corrected chi connectivity index (χ2v) is 9.36. The zero-order valence-corrected chi connectivity index (χ0v) is 19.3. The summed E-state index contributed by atoms with van der Waals surface area (Å²) in [5.74, 6) is 1.19. The molecular weight excluding hydrogens is 416 g/mol. The lowest BCUT2D eigenvalue weighted by Crippen LogP contribution is -2.42. The first kappa shape index (κ1) is 22.2. The van der Waals surface area contributed by atoms with Gasteiger partial charge < -0.3 is 10.2 Å². The molecule has 0 aliphatic heterocycles. The lowest BCUT2D eigenvalue weighted by atomic mass is 10.0. The quantitative estimate of drug-likeness (QED) is 0.481. The third-order valence-corrected chi connectivity index (χ3v) is 6.02. The van der Waals surface area contributed by atoms with Crippen molar-refractivity contribution in [1.82, 2.24) is 14.9 Å². The van der Waals surface area contributed by atoms with E-state index >= 15 is 0 Å². The number of benzene rings is 1. The molecule has 5 nitrogen and oxygen atoms in total. The summed E-state index contributed by atoms with van der Waals surface area (Å²) in [6, 6.07) is 13.5. The maximum atomic E-state index is 13.5. The van der Waals surface area contributed by atoms with Crippen molar-refractivity contribution in [2.45, 2.75) is 33.2 Å². The molecule has 1 N–H and O–H groups in total. The van der Waals surface area contributed by atoms with Gasteiger partial charge in [0.1, 0.15) is 10.7 Å². The molecule has 0 fully saturated rings. The van der Waals surface area contributed by atoms with Crippen molar-refractivity contribution in [3.8, 4) is 11.3 Å². The summed E-state index contributed by atoms with van der Waals surface area (Å²) in [7, 11) is 1.87.